The van der Waals surface area contributed by atoms with Crippen LogP contribution in [0.5, 0.6) is 11.5 Å². The van der Waals surface area contributed by atoms with Crippen molar-refractivity contribution in [2.75, 3.05) is 0 Å². The molecule has 0 spiro atoms. The first-order valence-corrected chi connectivity index (χ1v) is 12.7. The van der Waals surface area contributed by atoms with Crippen LogP contribution in [-0.4, -0.2) is 24.3 Å². The lowest BCUT2D eigenvalue weighted by molar-refractivity contribution is 0.173. The maximum absolute atomic E-state index is 6.59. The molecule has 0 bridgehead atoms. The van der Waals surface area contributed by atoms with Gasteiger partial charge < -0.3 is 20.9 Å². The summed E-state index contributed by atoms with van der Waals surface area (Å²) in [7, 11) is 0. The molecular formula is C25H34Cl4N2O2. The fraction of sp³-hybridized carbons (Fsp3) is 0.520. The summed E-state index contributed by atoms with van der Waals surface area (Å²) in [4.78, 5) is 0. The van der Waals surface area contributed by atoms with Crippen molar-refractivity contribution >= 4 is 46.4 Å². The Kier molecular flexibility index (Phi) is 10.1. The summed E-state index contributed by atoms with van der Waals surface area (Å²) in [5, 5.41) is 1.68. The first-order chi connectivity index (χ1) is 15.3. The van der Waals surface area contributed by atoms with Gasteiger partial charge in [0.2, 0.25) is 0 Å². The van der Waals surface area contributed by atoms with Gasteiger partial charge in [0.1, 0.15) is 12.2 Å². The summed E-state index contributed by atoms with van der Waals surface area (Å²) in [6.07, 6.45) is 1.11. The van der Waals surface area contributed by atoms with E-state index >= 15 is 0 Å². The molecule has 0 heterocycles. The van der Waals surface area contributed by atoms with Crippen molar-refractivity contribution in [3.05, 3.63) is 55.5 Å². The summed E-state index contributed by atoms with van der Waals surface area (Å²) < 4.78 is 12.0. The monoisotopic (exact) mass is 534 g/mol. The average Bonchev–Trinajstić information content (AvgIpc) is 2.72. The highest BCUT2D eigenvalue weighted by Crippen LogP contribution is 2.44. The Morgan fingerprint density at radius 1 is 0.697 bits per heavy atom. The Bertz CT molecular complexity index is 842. The molecule has 0 amide bonds. The minimum Gasteiger partial charge on any atom is -0.486 e. The Morgan fingerprint density at radius 2 is 0.970 bits per heavy atom. The van der Waals surface area contributed by atoms with E-state index in [1.165, 1.54) is 0 Å². The molecule has 4 atom stereocenters. The molecule has 0 aliphatic heterocycles. The maximum Gasteiger partial charge on any atom is 0.156 e. The lowest BCUT2D eigenvalue weighted by Crippen LogP contribution is -2.36. The zero-order valence-corrected chi connectivity index (χ0v) is 23.0. The van der Waals surface area contributed by atoms with E-state index in [9.17, 15) is 0 Å². The predicted octanol–water partition coefficient (Wildman–Crippen LogP) is 7.64. The number of hydrogen-bond acceptors (Lipinski definition) is 4. The van der Waals surface area contributed by atoms with Gasteiger partial charge in [-0.1, -0.05) is 74.1 Å². The van der Waals surface area contributed by atoms with Crippen LogP contribution in [0.15, 0.2) is 24.3 Å². The first-order valence-electron chi connectivity index (χ1n) is 11.2. The molecule has 184 valence electrons. The zero-order chi connectivity index (χ0) is 25.1. The van der Waals surface area contributed by atoms with Gasteiger partial charge >= 0.3 is 0 Å². The van der Waals surface area contributed by atoms with Crippen LogP contribution in [0.2, 0.25) is 20.1 Å². The Labute approximate surface area is 217 Å². The normalized spacial score (nSPS) is 15.6. The number of hydrogen-bond donors (Lipinski definition) is 2. The van der Waals surface area contributed by atoms with E-state index in [1.807, 2.05) is 65.8 Å². The summed E-state index contributed by atoms with van der Waals surface area (Å²) in [5.74, 6) is 0.867. The smallest absolute Gasteiger partial charge is 0.156 e. The fourth-order valence-electron chi connectivity index (χ4n) is 3.66. The molecule has 4 nitrogen and oxygen atoms in total. The van der Waals surface area contributed by atoms with Gasteiger partial charge in [0.25, 0.3) is 0 Å². The van der Waals surface area contributed by atoms with E-state index in [2.05, 4.69) is 0 Å². The highest BCUT2D eigenvalue weighted by Gasteiger charge is 2.29. The lowest BCUT2D eigenvalue weighted by atomic mass is 9.78. The van der Waals surface area contributed by atoms with Crippen molar-refractivity contribution in [3.63, 3.8) is 0 Å². The molecule has 2 rings (SSSR count). The van der Waals surface area contributed by atoms with Crippen LogP contribution in [-0.2, 0) is 5.41 Å². The molecule has 0 saturated carbocycles. The van der Waals surface area contributed by atoms with Crippen molar-refractivity contribution in [1.29, 1.82) is 0 Å². The summed E-state index contributed by atoms with van der Waals surface area (Å²) in [6.45, 7) is 11.9. The highest BCUT2D eigenvalue weighted by atomic mass is 35.5. The Hall–Kier alpha value is -0.880. The quantitative estimate of drug-likeness (QED) is 0.328. The van der Waals surface area contributed by atoms with Crippen molar-refractivity contribution < 1.29 is 9.47 Å². The van der Waals surface area contributed by atoms with Crippen molar-refractivity contribution in [2.24, 2.45) is 11.5 Å². The molecule has 2 aromatic rings. The molecule has 2 aromatic carbocycles. The molecule has 0 radical (unpaired) electrons. The molecule has 0 fully saturated rings. The highest BCUT2D eigenvalue weighted by molar-refractivity contribution is 6.38. The van der Waals surface area contributed by atoms with Gasteiger partial charge in [-0.2, -0.15) is 0 Å². The van der Waals surface area contributed by atoms with Crippen LogP contribution in [0, 0.1) is 0 Å². The van der Waals surface area contributed by atoms with Crippen molar-refractivity contribution in [3.8, 4) is 11.5 Å². The van der Waals surface area contributed by atoms with E-state index in [-0.39, 0.29) is 24.3 Å². The van der Waals surface area contributed by atoms with Gasteiger partial charge in [-0.25, -0.2) is 0 Å². The maximum atomic E-state index is 6.59. The summed E-state index contributed by atoms with van der Waals surface area (Å²) in [6, 6.07) is 7.10. The van der Waals surface area contributed by atoms with Crippen LogP contribution < -0.4 is 20.9 Å². The number of rotatable bonds is 10. The fourth-order valence-corrected chi connectivity index (χ4v) is 4.81. The second kappa shape index (κ2) is 11.7. The summed E-state index contributed by atoms with van der Waals surface area (Å²) >= 11 is 26.4. The van der Waals surface area contributed by atoms with Gasteiger partial charge in [-0.15, -0.1) is 0 Å². The zero-order valence-electron chi connectivity index (χ0n) is 20.0. The molecule has 8 heteroatoms. The van der Waals surface area contributed by atoms with Crippen molar-refractivity contribution in [2.45, 2.75) is 84.1 Å². The van der Waals surface area contributed by atoms with Crippen LogP contribution in [0.3, 0.4) is 0 Å². The molecule has 4 N–H and O–H groups in total. The molecule has 4 unspecified atom stereocenters. The Morgan fingerprint density at radius 3 is 1.18 bits per heavy atom. The van der Waals surface area contributed by atoms with Crippen LogP contribution in [0.4, 0.5) is 0 Å². The molecule has 0 aliphatic carbocycles. The predicted molar refractivity (Wildman–Crippen MR) is 142 cm³/mol. The summed E-state index contributed by atoms with van der Waals surface area (Å²) in [5.41, 5.74) is 13.3. The van der Waals surface area contributed by atoms with E-state index in [0.717, 1.165) is 24.0 Å². The number of ether oxygens (including phenoxy) is 2. The van der Waals surface area contributed by atoms with Gasteiger partial charge in [0, 0.05) is 17.5 Å². The largest absolute Gasteiger partial charge is 0.486 e. The molecule has 33 heavy (non-hydrogen) atoms. The third kappa shape index (κ3) is 6.62. The first kappa shape index (κ1) is 28.4. The van der Waals surface area contributed by atoms with Crippen LogP contribution >= 0.6 is 46.4 Å². The second-order valence-corrected chi connectivity index (χ2v) is 10.6. The van der Waals surface area contributed by atoms with Gasteiger partial charge in [0.15, 0.2) is 11.5 Å². The number of benzene rings is 2. The standard InChI is InChI=1S/C25H34Cl4N2O2/c1-7-21(13(3)30)32-23-17(26)9-15(10-18(23)27)25(5,6)16-11-19(28)24(20(29)12-16)33-22(8-2)14(4)31/h9-14,21-22H,7-8,30-31H2,1-6H3. The van der Waals surface area contributed by atoms with E-state index < -0.39 is 5.41 Å². The van der Waals surface area contributed by atoms with Crippen molar-refractivity contribution in [1.82, 2.24) is 0 Å². The molecule has 0 saturated heterocycles. The van der Waals surface area contributed by atoms with Gasteiger partial charge in [-0.3, -0.25) is 0 Å². The van der Waals surface area contributed by atoms with Crippen LogP contribution in [0.1, 0.15) is 65.5 Å². The topological polar surface area (TPSA) is 70.5 Å². The average molecular weight is 536 g/mol. The van der Waals surface area contributed by atoms with E-state index in [4.69, 9.17) is 67.3 Å². The lowest BCUT2D eigenvalue weighted by Gasteiger charge is -2.29. The van der Waals surface area contributed by atoms with Gasteiger partial charge in [0.05, 0.1) is 20.1 Å². The van der Waals surface area contributed by atoms with Crippen LogP contribution in [0.25, 0.3) is 0 Å². The third-order valence-electron chi connectivity index (χ3n) is 5.96. The molecule has 0 aliphatic rings. The number of halogens is 4. The Balaban J connectivity index is 2.43. The SMILES string of the molecule is CCC(Oc1c(Cl)cc(C(C)(C)c2cc(Cl)c(OC(CC)C(C)N)c(Cl)c2)cc1Cl)C(C)N. The minimum atomic E-state index is -0.506. The van der Waals surface area contributed by atoms with E-state index in [1.54, 1.807) is 0 Å². The third-order valence-corrected chi connectivity index (χ3v) is 7.08. The molecular weight excluding hydrogens is 502 g/mol. The minimum absolute atomic E-state index is 0.155. The molecule has 0 aromatic heterocycles. The second-order valence-electron chi connectivity index (χ2n) is 9.01. The number of nitrogens with two attached hydrogens (primary N) is 2. The van der Waals surface area contributed by atoms with E-state index in [0.29, 0.717) is 31.6 Å². The van der Waals surface area contributed by atoms with Gasteiger partial charge in [-0.05, 0) is 62.1 Å².